The van der Waals surface area contributed by atoms with Crippen LogP contribution in [0, 0.1) is 13.8 Å². The number of rotatable bonds is 5. The number of benzene rings is 4. The van der Waals surface area contributed by atoms with Crippen molar-refractivity contribution in [2.24, 2.45) is 0 Å². The molecular formula is C37H30O5. The highest BCUT2D eigenvalue weighted by Gasteiger charge is 2.24. The minimum absolute atomic E-state index is 0.303. The first kappa shape index (κ1) is 28.1. The zero-order chi connectivity index (χ0) is 29.5. The van der Waals surface area contributed by atoms with Crippen LogP contribution < -0.4 is 4.74 Å². The number of ether oxygens (including phenoxy) is 3. The summed E-state index contributed by atoms with van der Waals surface area (Å²) in [5.41, 5.74) is 7.04. The van der Waals surface area contributed by atoms with Crippen LogP contribution in [0.25, 0.3) is 23.7 Å². The Labute approximate surface area is 245 Å². The Bertz CT molecular complexity index is 1740. The zero-order valence-electron chi connectivity index (χ0n) is 23.7. The van der Waals surface area contributed by atoms with Gasteiger partial charge in [-0.3, -0.25) is 0 Å². The standard InChI is InChI=1S/C20H18O3.C17H12O2/c1-13-8-9-17(14(2)10-13)19-12-16(20(21)23-19)11-15-6-4-5-7-18(15)22-3;18-17-15(11-13-7-3-1-4-8-13)12-16(19-17)14-9-5-2-6-10-14/h4-12H,1-3H3;1-12H/b16-11-;15-11-. The Morgan fingerprint density at radius 1 is 0.643 bits per heavy atom. The zero-order valence-corrected chi connectivity index (χ0v) is 23.7. The molecule has 0 saturated heterocycles. The minimum Gasteiger partial charge on any atom is -0.496 e. The van der Waals surface area contributed by atoms with Gasteiger partial charge in [-0.1, -0.05) is 103 Å². The lowest BCUT2D eigenvalue weighted by atomic mass is 10.0. The third-order valence-electron chi connectivity index (χ3n) is 6.73. The maximum Gasteiger partial charge on any atom is 0.343 e. The summed E-state index contributed by atoms with van der Waals surface area (Å²) in [7, 11) is 1.61. The fourth-order valence-electron chi connectivity index (χ4n) is 4.63. The molecule has 2 aliphatic heterocycles. The molecule has 0 atom stereocenters. The van der Waals surface area contributed by atoms with Crippen molar-refractivity contribution in [2.45, 2.75) is 13.8 Å². The molecule has 0 unspecified atom stereocenters. The average molecular weight is 555 g/mol. The summed E-state index contributed by atoms with van der Waals surface area (Å²) in [6.07, 6.45) is 7.19. The normalized spacial score (nSPS) is 15.9. The van der Waals surface area contributed by atoms with Crippen molar-refractivity contribution in [1.29, 1.82) is 0 Å². The number of methoxy groups -OCH3 is 1. The van der Waals surface area contributed by atoms with Crippen LogP contribution >= 0.6 is 0 Å². The fourth-order valence-corrected chi connectivity index (χ4v) is 4.63. The quantitative estimate of drug-likeness (QED) is 0.185. The van der Waals surface area contributed by atoms with Gasteiger partial charge in [0.1, 0.15) is 17.3 Å². The van der Waals surface area contributed by atoms with Crippen molar-refractivity contribution in [3.8, 4) is 5.75 Å². The molecule has 0 amide bonds. The second-order valence-corrected chi connectivity index (χ2v) is 9.83. The molecule has 4 aromatic rings. The van der Waals surface area contributed by atoms with Crippen LogP contribution in [0.4, 0.5) is 0 Å². The molecule has 0 spiro atoms. The Kier molecular flexibility index (Phi) is 8.59. The van der Waals surface area contributed by atoms with Crippen molar-refractivity contribution in [3.63, 3.8) is 0 Å². The number of hydrogen-bond acceptors (Lipinski definition) is 5. The van der Waals surface area contributed by atoms with E-state index in [1.54, 1.807) is 25.3 Å². The molecule has 2 heterocycles. The molecule has 208 valence electrons. The Balaban J connectivity index is 0.000000171. The second kappa shape index (κ2) is 12.8. The first-order valence-corrected chi connectivity index (χ1v) is 13.5. The van der Waals surface area contributed by atoms with Crippen LogP contribution in [0.3, 0.4) is 0 Å². The van der Waals surface area contributed by atoms with Crippen LogP contribution in [0.5, 0.6) is 5.75 Å². The molecule has 42 heavy (non-hydrogen) atoms. The van der Waals surface area contributed by atoms with Crippen LogP contribution in [0.1, 0.15) is 33.4 Å². The van der Waals surface area contributed by atoms with Crippen molar-refractivity contribution in [3.05, 3.63) is 160 Å². The predicted molar refractivity (Wildman–Crippen MR) is 166 cm³/mol. The number of hydrogen-bond donors (Lipinski definition) is 0. The number of esters is 2. The predicted octanol–water partition coefficient (Wildman–Crippen LogP) is 7.96. The topological polar surface area (TPSA) is 61.8 Å². The van der Waals surface area contributed by atoms with Gasteiger partial charge in [0.15, 0.2) is 0 Å². The molecule has 0 aromatic heterocycles. The van der Waals surface area contributed by atoms with Gasteiger partial charge >= 0.3 is 11.9 Å². The highest BCUT2D eigenvalue weighted by molar-refractivity contribution is 6.06. The summed E-state index contributed by atoms with van der Waals surface area (Å²) < 4.78 is 16.0. The van der Waals surface area contributed by atoms with Gasteiger partial charge in [-0.15, -0.1) is 0 Å². The molecule has 0 saturated carbocycles. The Hall–Kier alpha value is -5.42. The van der Waals surface area contributed by atoms with Gasteiger partial charge in [0.05, 0.1) is 18.3 Å². The Morgan fingerprint density at radius 2 is 1.24 bits per heavy atom. The number of carbonyl (C=O) groups excluding carboxylic acids is 2. The smallest absolute Gasteiger partial charge is 0.343 e. The van der Waals surface area contributed by atoms with Crippen molar-refractivity contribution in [2.75, 3.05) is 7.11 Å². The maximum atomic E-state index is 12.2. The van der Waals surface area contributed by atoms with Gasteiger partial charge in [-0.25, -0.2) is 9.59 Å². The third kappa shape index (κ3) is 6.65. The minimum atomic E-state index is -0.342. The maximum absolute atomic E-state index is 12.2. The van der Waals surface area contributed by atoms with Gasteiger partial charge in [-0.2, -0.15) is 0 Å². The molecule has 0 N–H and O–H groups in total. The fraction of sp³-hybridized carbons (Fsp3) is 0.0811. The lowest BCUT2D eigenvalue weighted by Crippen LogP contribution is -1.98. The molecule has 0 fully saturated rings. The monoisotopic (exact) mass is 554 g/mol. The van der Waals surface area contributed by atoms with Crippen LogP contribution in [0.15, 0.2) is 126 Å². The van der Waals surface area contributed by atoms with Gasteiger partial charge in [0, 0.05) is 16.7 Å². The van der Waals surface area contributed by atoms with E-state index in [4.69, 9.17) is 14.2 Å². The average Bonchev–Trinajstić information content (AvgIpc) is 3.56. The van der Waals surface area contributed by atoms with E-state index in [0.29, 0.717) is 22.7 Å². The molecule has 0 aliphatic carbocycles. The number of carbonyl (C=O) groups is 2. The first-order chi connectivity index (χ1) is 20.4. The highest BCUT2D eigenvalue weighted by Crippen LogP contribution is 2.31. The van der Waals surface area contributed by atoms with E-state index in [9.17, 15) is 9.59 Å². The molecule has 0 bridgehead atoms. The van der Waals surface area contributed by atoms with Gasteiger partial charge in [-0.05, 0) is 55.3 Å². The number of para-hydroxylation sites is 1. The molecule has 0 radical (unpaired) electrons. The highest BCUT2D eigenvalue weighted by atomic mass is 16.5. The SMILES string of the molecule is COc1ccccc1/C=C1/C=C(c2ccc(C)cc2C)OC1=O.O=C1OC(c2ccccc2)=C/C1=C/c1ccccc1. The number of aryl methyl sites for hydroxylation is 2. The number of cyclic esters (lactones) is 2. The van der Waals surface area contributed by atoms with E-state index in [-0.39, 0.29) is 11.9 Å². The van der Waals surface area contributed by atoms with E-state index in [2.05, 4.69) is 6.07 Å². The second-order valence-electron chi connectivity index (χ2n) is 9.83. The van der Waals surface area contributed by atoms with E-state index in [0.717, 1.165) is 33.6 Å². The van der Waals surface area contributed by atoms with Gasteiger partial charge in [0.2, 0.25) is 0 Å². The summed E-state index contributed by atoms with van der Waals surface area (Å²) in [5.74, 6) is 1.27. The lowest BCUT2D eigenvalue weighted by molar-refractivity contribution is -0.131. The molecule has 6 rings (SSSR count). The molecule has 5 heteroatoms. The largest absolute Gasteiger partial charge is 0.496 e. The summed E-state index contributed by atoms with van der Waals surface area (Å²) in [6.45, 7) is 4.05. The molecule has 4 aromatic carbocycles. The molecule has 2 aliphatic rings. The third-order valence-corrected chi connectivity index (χ3v) is 6.73. The van der Waals surface area contributed by atoms with Gasteiger partial charge in [0.25, 0.3) is 0 Å². The first-order valence-electron chi connectivity index (χ1n) is 13.5. The van der Waals surface area contributed by atoms with E-state index in [1.807, 2.05) is 117 Å². The van der Waals surface area contributed by atoms with Crippen LogP contribution in [-0.4, -0.2) is 19.0 Å². The van der Waals surface area contributed by atoms with E-state index < -0.39 is 0 Å². The van der Waals surface area contributed by atoms with E-state index in [1.165, 1.54) is 5.56 Å². The van der Waals surface area contributed by atoms with E-state index >= 15 is 0 Å². The van der Waals surface area contributed by atoms with Crippen molar-refractivity contribution >= 4 is 35.6 Å². The molecular weight excluding hydrogens is 524 g/mol. The van der Waals surface area contributed by atoms with Crippen molar-refractivity contribution < 1.29 is 23.8 Å². The Morgan fingerprint density at radius 3 is 1.93 bits per heavy atom. The molecule has 5 nitrogen and oxygen atoms in total. The summed E-state index contributed by atoms with van der Waals surface area (Å²) >= 11 is 0. The lowest BCUT2D eigenvalue weighted by Gasteiger charge is -2.06. The van der Waals surface area contributed by atoms with Crippen molar-refractivity contribution in [1.82, 2.24) is 0 Å². The van der Waals surface area contributed by atoms with Crippen LogP contribution in [0.2, 0.25) is 0 Å². The summed E-state index contributed by atoms with van der Waals surface area (Å²) in [4.78, 5) is 24.0. The summed E-state index contributed by atoms with van der Waals surface area (Å²) in [6, 6.07) is 33.0. The van der Waals surface area contributed by atoms with Gasteiger partial charge < -0.3 is 14.2 Å². The summed E-state index contributed by atoms with van der Waals surface area (Å²) in [5, 5.41) is 0. The van der Waals surface area contributed by atoms with Crippen LogP contribution in [-0.2, 0) is 19.1 Å².